The second kappa shape index (κ2) is 13.9. The van der Waals surface area contributed by atoms with E-state index >= 15 is 0 Å². The smallest absolute Gasteiger partial charge is 0.264 e. The third-order valence-electron chi connectivity index (χ3n) is 6.39. The number of carbonyl (C=O) groups excluding carboxylic acids is 2. The number of carbonyl (C=O) groups is 2. The Hall–Kier alpha value is -3.56. The molecule has 0 saturated heterocycles. The zero-order valence-corrected chi connectivity index (χ0v) is 25.7. The molecule has 41 heavy (non-hydrogen) atoms. The maximum absolute atomic E-state index is 14.1. The SMILES string of the molecule is CC[C@H](C(=O)NC(C)(C)C)N(CCc1ccccc1)C(=O)CN(c1cc(Cl)ccc1OC)S(=O)(=O)c1ccccc1. The zero-order chi connectivity index (χ0) is 30.2. The monoisotopic (exact) mass is 599 g/mol. The van der Waals surface area contributed by atoms with E-state index in [2.05, 4.69) is 5.32 Å². The minimum absolute atomic E-state index is 0.00295. The van der Waals surface area contributed by atoms with Crippen molar-refractivity contribution in [1.29, 1.82) is 0 Å². The molecule has 0 unspecified atom stereocenters. The van der Waals surface area contributed by atoms with Crippen molar-refractivity contribution < 1.29 is 22.7 Å². The minimum Gasteiger partial charge on any atom is -0.495 e. The van der Waals surface area contributed by atoms with Crippen LogP contribution in [-0.4, -0.2) is 56.9 Å². The number of sulfonamides is 1. The van der Waals surface area contributed by atoms with Crippen molar-refractivity contribution >= 4 is 39.1 Å². The summed E-state index contributed by atoms with van der Waals surface area (Å²) >= 11 is 6.28. The Morgan fingerprint density at radius 1 is 0.976 bits per heavy atom. The van der Waals surface area contributed by atoms with Crippen LogP contribution in [0.5, 0.6) is 5.75 Å². The fourth-order valence-corrected chi connectivity index (χ4v) is 6.04. The van der Waals surface area contributed by atoms with E-state index in [1.54, 1.807) is 30.3 Å². The first-order valence-corrected chi connectivity index (χ1v) is 15.3. The third-order valence-corrected chi connectivity index (χ3v) is 8.40. The Morgan fingerprint density at radius 2 is 1.59 bits per heavy atom. The molecule has 0 aliphatic heterocycles. The van der Waals surface area contributed by atoms with Crippen LogP contribution >= 0.6 is 11.6 Å². The van der Waals surface area contributed by atoms with Crippen LogP contribution in [0.1, 0.15) is 39.7 Å². The first kappa shape index (κ1) is 32.0. The minimum atomic E-state index is -4.23. The highest BCUT2D eigenvalue weighted by Crippen LogP contribution is 2.35. The first-order chi connectivity index (χ1) is 19.4. The molecule has 10 heteroatoms. The van der Waals surface area contributed by atoms with E-state index in [4.69, 9.17) is 16.3 Å². The summed E-state index contributed by atoms with van der Waals surface area (Å²) in [5, 5.41) is 3.24. The Labute approximate surface area is 248 Å². The number of nitrogens with one attached hydrogen (secondary N) is 1. The molecule has 2 amide bonds. The van der Waals surface area contributed by atoms with Gasteiger partial charge in [0.15, 0.2) is 0 Å². The normalized spacial score (nSPS) is 12.3. The summed E-state index contributed by atoms with van der Waals surface area (Å²) in [5.41, 5.74) is 0.587. The fraction of sp³-hybridized carbons (Fsp3) is 0.355. The van der Waals surface area contributed by atoms with Crippen molar-refractivity contribution in [3.8, 4) is 5.75 Å². The molecule has 0 fully saturated rings. The predicted molar refractivity (Wildman–Crippen MR) is 163 cm³/mol. The van der Waals surface area contributed by atoms with Gasteiger partial charge >= 0.3 is 0 Å². The third kappa shape index (κ3) is 8.47. The van der Waals surface area contributed by atoms with Crippen molar-refractivity contribution in [2.24, 2.45) is 0 Å². The Kier molecular flexibility index (Phi) is 10.8. The van der Waals surface area contributed by atoms with Crippen molar-refractivity contribution in [3.05, 3.63) is 89.4 Å². The standard InChI is InChI=1S/C31H38ClN3O5S/c1-6-26(30(37)33-31(2,3)4)34(20-19-23-13-9-7-10-14-23)29(36)22-35(27-21-24(32)17-18-28(27)40-5)41(38,39)25-15-11-8-12-16-25/h7-18,21,26H,6,19-20,22H2,1-5H3,(H,33,37)/t26-/m1/s1. The van der Waals surface area contributed by atoms with Crippen LogP contribution in [0.15, 0.2) is 83.8 Å². The molecule has 0 aliphatic rings. The van der Waals surface area contributed by atoms with Gasteiger partial charge in [0.25, 0.3) is 10.0 Å². The molecule has 0 aromatic heterocycles. The second-order valence-corrected chi connectivity index (χ2v) is 12.9. The number of methoxy groups -OCH3 is 1. The van der Waals surface area contributed by atoms with E-state index in [1.165, 1.54) is 30.2 Å². The van der Waals surface area contributed by atoms with E-state index < -0.39 is 34.1 Å². The van der Waals surface area contributed by atoms with Gasteiger partial charge in [0.1, 0.15) is 18.3 Å². The Balaban J connectivity index is 2.08. The highest BCUT2D eigenvalue weighted by molar-refractivity contribution is 7.92. The fourth-order valence-electron chi connectivity index (χ4n) is 4.44. The van der Waals surface area contributed by atoms with Crippen molar-refractivity contribution in [2.75, 3.05) is 24.5 Å². The predicted octanol–water partition coefficient (Wildman–Crippen LogP) is 5.31. The molecular weight excluding hydrogens is 562 g/mol. The quantitative estimate of drug-likeness (QED) is 0.304. The first-order valence-electron chi connectivity index (χ1n) is 13.4. The molecule has 0 heterocycles. The molecule has 1 N–H and O–H groups in total. The van der Waals surface area contributed by atoms with Crippen LogP contribution in [0.2, 0.25) is 5.02 Å². The Bertz CT molecular complexity index is 1430. The van der Waals surface area contributed by atoms with Crippen LogP contribution < -0.4 is 14.4 Å². The van der Waals surface area contributed by atoms with Gasteiger partial charge in [-0.25, -0.2) is 8.42 Å². The molecule has 3 aromatic carbocycles. The number of ether oxygens (including phenoxy) is 1. The highest BCUT2D eigenvalue weighted by atomic mass is 35.5. The summed E-state index contributed by atoms with van der Waals surface area (Å²) in [6.45, 7) is 7.08. The summed E-state index contributed by atoms with van der Waals surface area (Å²) < 4.78 is 34.4. The maximum Gasteiger partial charge on any atom is 0.264 e. The number of hydrogen-bond donors (Lipinski definition) is 1. The van der Waals surface area contributed by atoms with Crippen LogP contribution in [-0.2, 0) is 26.0 Å². The van der Waals surface area contributed by atoms with Gasteiger partial charge in [-0.15, -0.1) is 0 Å². The lowest BCUT2D eigenvalue weighted by molar-refractivity contribution is -0.140. The molecular formula is C31H38ClN3O5S. The zero-order valence-electron chi connectivity index (χ0n) is 24.1. The molecule has 220 valence electrons. The van der Waals surface area contributed by atoms with Crippen molar-refractivity contribution in [2.45, 2.75) is 57.0 Å². The average Bonchev–Trinajstić information content (AvgIpc) is 2.93. The van der Waals surface area contributed by atoms with Gasteiger partial charge in [0.05, 0.1) is 17.7 Å². The van der Waals surface area contributed by atoms with E-state index in [1.807, 2.05) is 58.0 Å². The lowest BCUT2D eigenvalue weighted by atomic mass is 10.1. The van der Waals surface area contributed by atoms with Gasteiger partial charge in [-0.1, -0.05) is 67.1 Å². The van der Waals surface area contributed by atoms with Crippen LogP contribution in [0.3, 0.4) is 0 Å². The van der Waals surface area contributed by atoms with E-state index in [0.717, 1.165) is 9.87 Å². The van der Waals surface area contributed by atoms with E-state index in [-0.39, 0.29) is 33.8 Å². The van der Waals surface area contributed by atoms with Gasteiger partial charge in [0, 0.05) is 17.1 Å². The molecule has 3 aromatic rings. The lowest BCUT2D eigenvalue weighted by Gasteiger charge is -2.35. The molecule has 3 rings (SSSR count). The van der Waals surface area contributed by atoms with Crippen molar-refractivity contribution in [1.82, 2.24) is 10.2 Å². The largest absolute Gasteiger partial charge is 0.495 e. The van der Waals surface area contributed by atoms with Crippen LogP contribution in [0, 0.1) is 0 Å². The number of anilines is 1. The van der Waals surface area contributed by atoms with E-state index in [9.17, 15) is 18.0 Å². The molecule has 1 atom stereocenters. The highest BCUT2D eigenvalue weighted by Gasteiger charge is 2.35. The van der Waals surface area contributed by atoms with Crippen LogP contribution in [0.4, 0.5) is 5.69 Å². The summed E-state index contributed by atoms with van der Waals surface area (Å²) in [5.74, 6) is -0.604. The molecule has 0 spiro atoms. The number of hydrogen-bond acceptors (Lipinski definition) is 5. The number of halogens is 1. The summed E-state index contributed by atoms with van der Waals surface area (Å²) in [6.07, 6.45) is 0.826. The summed E-state index contributed by atoms with van der Waals surface area (Å²) in [6, 6.07) is 21.2. The molecule has 0 aliphatic carbocycles. The number of nitrogens with zero attached hydrogens (tertiary/aromatic N) is 2. The van der Waals surface area contributed by atoms with Gasteiger partial charge in [-0.3, -0.25) is 13.9 Å². The molecule has 8 nitrogen and oxygen atoms in total. The summed E-state index contributed by atoms with van der Waals surface area (Å²) in [4.78, 5) is 29.0. The van der Waals surface area contributed by atoms with E-state index in [0.29, 0.717) is 12.8 Å². The van der Waals surface area contributed by atoms with Crippen molar-refractivity contribution in [3.63, 3.8) is 0 Å². The van der Waals surface area contributed by atoms with Crippen LogP contribution in [0.25, 0.3) is 0 Å². The van der Waals surface area contributed by atoms with Gasteiger partial charge in [-0.05, 0) is 69.5 Å². The number of rotatable bonds is 12. The average molecular weight is 600 g/mol. The lowest BCUT2D eigenvalue weighted by Crippen LogP contribution is -2.56. The summed E-state index contributed by atoms with van der Waals surface area (Å²) in [7, 11) is -2.82. The topological polar surface area (TPSA) is 96.0 Å². The molecule has 0 bridgehead atoms. The number of benzene rings is 3. The maximum atomic E-state index is 14.1. The second-order valence-electron chi connectivity index (χ2n) is 10.6. The van der Waals surface area contributed by atoms with Gasteiger partial charge < -0.3 is 15.0 Å². The Morgan fingerprint density at radius 3 is 2.15 bits per heavy atom. The molecule has 0 saturated carbocycles. The van der Waals surface area contributed by atoms with Gasteiger partial charge in [-0.2, -0.15) is 0 Å². The molecule has 0 radical (unpaired) electrons. The number of amides is 2. The van der Waals surface area contributed by atoms with Gasteiger partial charge in [0.2, 0.25) is 11.8 Å².